The van der Waals surface area contributed by atoms with Gasteiger partial charge in [0, 0.05) is 12.1 Å². The van der Waals surface area contributed by atoms with E-state index in [0.29, 0.717) is 18.0 Å². The fraction of sp³-hybridized carbons (Fsp3) is 1.00. The summed E-state index contributed by atoms with van der Waals surface area (Å²) >= 11 is 0. The highest BCUT2D eigenvalue weighted by Crippen LogP contribution is 2.37. The van der Waals surface area contributed by atoms with Crippen LogP contribution in [0.5, 0.6) is 0 Å². The summed E-state index contributed by atoms with van der Waals surface area (Å²) in [6, 6.07) is 0.728. The molecule has 0 amide bonds. The first-order valence-corrected chi connectivity index (χ1v) is 6.24. The lowest BCUT2D eigenvalue weighted by Gasteiger charge is -2.48. The van der Waals surface area contributed by atoms with Crippen molar-refractivity contribution in [3.63, 3.8) is 0 Å². The average Bonchev–Trinajstić information content (AvgIpc) is 2.18. The predicted molar refractivity (Wildman–Crippen MR) is 59.8 cm³/mol. The van der Waals surface area contributed by atoms with E-state index in [4.69, 9.17) is 4.74 Å². The van der Waals surface area contributed by atoms with Crippen molar-refractivity contribution in [1.29, 1.82) is 0 Å². The number of nitrogens with one attached hydrogen (secondary N) is 1. The fourth-order valence-corrected chi connectivity index (χ4v) is 3.34. The number of rotatable bonds is 3. The molecule has 2 rings (SSSR count). The molecule has 2 saturated heterocycles. The highest BCUT2D eigenvalue weighted by atomic mass is 16.5. The first-order valence-electron chi connectivity index (χ1n) is 6.24. The van der Waals surface area contributed by atoms with E-state index in [2.05, 4.69) is 19.2 Å². The molecule has 88 valence electrons. The molecule has 0 aromatic heterocycles. The Balaban J connectivity index is 2.07. The van der Waals surface area contributed by atoms with Crippen molar-refractivity contribution >= 4 is 0 Å². The van der Waals surface area contributed by atoms with Gasteiger partial charge in [-0.2, -0.15) is 0 Å². The lowest BCUT2D eigenvalue weighted by atomic mass is 9.72. The van der Waals surface area contributed by atoms with Crippen LogP contribution in [0.15, 0.2) is 0 Å². The molecule has 2 atom stereocenters. The second-order valence-corrected chi connectivity index (χ2v) is 5.12. The van der Waals surface area contributed by atoms with Gasteiger partial charge in [-0.25, -0.2) is 0 Å². The van der Waals surface area contributed by atoms with Gasteiger partial charge in [-0.1, -0.05) is 26.7 Å². The second-order valence-electron chi connectivity index (χ2n) is 5.12. The van der Waals surface area contributed by atoms with Crippen LogP contribution in [-0.2, 0) is 4.74 Å². The lowest BCUT2D eigenvalue weighted by molar-refractivity contribution is -0.108. The van der Waals surface area contributed by atoms with Gasteiger partial charge in [0.2, 0.25) is 0 Å². The molecule has 2 bridgehead atoms. The molecule has 0 aliphatic carbocycles. The van der Waals surface area contributed by atoms with E-state index in [1.54, 1.807) is 0 Å². The maximum Gasteiger partial charge on any atom is 0.0707 e. The summed E-state index contributed by atoms with van der Waals surface area (Å²) in [5.74, 6) is 0.447. The number of aliphatic hydroxyl groups is 1. The largest absolute Gasteiger partial charge is 0.389 e. The monoisotopic (exact) mass is 213 g/mol. The Hall–Kier alpha value is -0.120. The van der Waals surface area contributed by atoms with E-state index in [-0.39, 0.29) is 0 Å². The van der Waals surface area contributed by atoms with Crippen LogP contribution in [0, 0.1) is 5.92 Å². The molecule has 0 radical (unpaired) electrons. The maximum absolute atomic E-state index is 10.7. The van der Waals surface area contributed by atoms with Crippen molar-refractivity contribution in [2.75, 3.05) is 13.2 Å². The van der Waals surface area contributed by atoms with E-state index in [9.17, 15) is 5.11 Å². The molecular formula is C12H23NO2. The summed E-state index contributed by atoms with van der Waals surface area (Å²) in [6.07, 6.45) is 3.87. The van der Waals surface area contributed by atoms with Crippen molar-refractivity contribution in [2.45, 2.75) is 57.2 Å². The fourth-order valence-electron chi connectivity index (χ4n) is 3.34. The minimum absolute atomic E-state index is 0.364. The summed E-state index contributed by atoms with van der Waals surface area (Å²) < 4.78 is 5.50. The van der Waals surface area contributed by atoms with Crippen LogP contribution < -0.4 is 5.32 Å². The van der Waals surface area contributed by atoms with E-state index < -0.39 is 5.60 Å². The smallest absolute Gasteiger partial charge is 0.0707 e. The van der Waals surface area contributed by atoms with Gasteiger partial charge in [0.05, 0.1) is 18.8 Å². The Bertz CT molecular complexity index is 204. The average molecular weight is 213 g/mol. The molecule has 2 aliphatic rings. The van der Waals surface area contributed by atoms with Crippen LogP contribution in [0.1, 0.15) is 39.5 Å². The Kier molecular flexibility index (Phi) is 3.33. The first-order chi connectivity index (χ1) is 7.18. The van der Waals surface area contributed by atoms with Gasteiger partial charge < -0.3 is 15.2 Å². The molecule has 15 heavy (non-hydrogen) atoms. The van der Waals surface area contributed by atoms with Gasteiger partial charge in [-0.15, -0.1) is 0 Å². The minimum atomic E-state index is -0.451. The Morgan fingerprint density at radius 1 is 1.27 bits per heavy atom. The molecule has 3 heteroatoms. The molecule has 2 N–H and O–H groups in total. The minimum Gasteiger partial charge on any atom is -0.389 e. The highest BCUT2D eigenvalue weighted by molar-refractivity contribution is 4.99. The van der Waals surface area contributed by atoms with Crippen LogP contribution in [-0.4, -0.2) is 36.0 Å². The third-order valence-corrected chi connectivity index (χ3v) is 4.05. The van der Waals surface area contributed by atoms with Crippen molar-refractivity contribution < 1.29 is 9.84 Å². The van der Waals surface area contributed by atoms with Crippen LogP contribution in [0.3, 0.4) is 0 Å². The topological polar surface area (TPSA) is 41.5 Å². The molecular weight excluding hydrogens is 190 g/mol. The molecule has 0 saturated carbocycles. The standard InChI is InChI=1S/C12H23NO2/c1-3-9(4-2)12(14)5-10-7-15-8-11(6-12)13-10/h9-11,13-14H,3-8H2,1-2H3. The molecule has 0 aromatic carbocycles. The lowest BCUT2D eigenvalue weighted by Crippen LogP contribution is -2.61. The molecule has 2 fully saturated rings. The number of hydrogen-bond acceptors (Lipinski definition) is 3. The summed E-state index contributed by atoms with van der Waals surface area (Å²) in [5, 5.41) is 14.3. The van der Waals surface area contributed by atoms with E-state index >= 15 is 0 Å². The summed E-state index contributed by atoms with van der Waals surface area (Å²) in [4.78, 5) is 0. The Morgan fingerprint density at radius 2 is 1.80 bits per heavy atom. The van der Waals surface area contributed by atoms with Gasteiger partial charge in [0.1, 0.15) is 0 Å². The van der Waals surface area contributed by atoms with Gasteiger partial charge in [-0.05, 0) is 18.8 Å². The zero-order chi connectivity index (χ0) is 10.9. The quantitative estimate of drug-likeness (QED) is 0.742. The normalized spacial score (nSPS) is 40.8. The molecule has 0 spiro atoms. The number of ether oxygens (including phenoxy) is 1. The van der Waals surface area contributed by atoms with Gasteiger partial charge >= 0.3 is 0 Å². The first kappa shape index (κ1) is 11.4. The third kappa shape index (κ3) is 2.19. The molecule has 2 aliphatic heterocycles. The van der Waals surface area contributed by atoms with Gasteiger partial charge in [0.15, 0.2) is 0 Å². The van der Waals surface area contributed by atoms with Gasteiger partial charge in [-0.3, -0.25) is 0 Å². The number of fused-ring (bicyclic) bond motifs is 2. The molecule has 2 unspecified atom stereocenters. The van der Waals surface area contributed by atoms with Crippen molar-refractivity contribution in [3.05, 3.63) is 0 Å². The maximum atomic E-state index is 10.7. The van der Waals surface area contributed by atoms with Gasteiger partial charge in [0.25, 0.3) is 0 Å². The number of piperidine rings is 1. The van der Waals surface area contributed by atoms with Crippen molar-refractivity contribution in [1.82, 2.24) is 5.32 Å². The third-order valence-electron chi connectivity index (χ3n) is 4.05. The van der Waals surface area contributed by atoms with Crippen LogP contribution in [0.2, 0.25) is 0 Å². The van der Waals surface area contributed by atoms with Crippen LogP contribution in [0.25, 0.3) is 0 Å². The van der Waals surface area contributed by atoms with E-state index in [1.807, 2.05) is 0 Å². The SMILES string of the molecule is CCC(CC)C1(O)CC2COCC(C1)N2. The Labute approximate surface area is 92.2 Å². The highest BCUT2D eigenvalue weighted by Gasteiger charge is 2.44. The summed E-state index contributed by atoms with van der Waals surface area (Å²) in [6.45, 7) is 5.89. The van der Waals surface area contributed by atoms with Crippen molar-refractivity contribution in [2.24, 2.45) is 5.92 Å². The number of hydrogen-bond donors (Lipinski definition) is 2. The van der Waals surface area contributed by atoms with Crippen molar-refractivity contribution in [3.8, 4) is 0 Å². The van der Waals surface area contributed by atoms with E-state index in [1.165, 1.54) is 0 Å². The second kappa shape index (κ2) is 4.40. The summed E-state index contributed by atoms with van der Waals surface area (Å²) in [7, 11) is 0. The van der Waals surface area contributed by atoms with E-state index in [0.717, 1.165) is 38.9 Å². The molecule has 0 aromatic rings. The Morgan fingerprint density at radius 3 is 2.27 bits per heavy atom. The summed E-state index contributed by atoms with van der Waals surface area (Å²) in [5.41, 5.74) is -0.451. The molecule has 2 heterocycles. The molecule has 3 nitrogen and oxygen atoms in total. The number of morpholine rings is 1. The zero-order valence-corrected chi connectivity index (χ0v) is 9.83. The van der Waals surface area contributed by atoms with Crippen LogP contribution >= 0.6 is 0 Å². The zero-order valence-electron chi connectivity index (χ0n) is 9.83. The predicted octanol–water partition coefficient (Wildman–Crippen LogP) is 1.30. The van der Waals surface area contributed by atoms with Crippen LogP contribution in [0.4, 0.5) is 0 Å².